The minimum atomic E-state index is 0. The quantitative estimate of drug-likeness (QED) is 0.405. The molecule has 6 nitrogen and oxygen atoms in total. The van der Waals surface area contributed by atoms with Crippen molar-refractivity contribution in [2.75, 3.05) is 13.1 Å². The lowest BCUT2D eigenvalue weighted by Gasteiger charge is -2.02. The van der Waals surface area contributed by atoms with E-state index in [4.69, 9.17) is 0 Å². The molecule has 2 amide bonds. The van der Waals surface area contributed by atoms with Gasteiger partial charge in [0.25, 0.3) is 0 Å². The molecule has 0 bridgehead atoms. The van der Waals surface area contributed by atoms with E-state index in [9.17, 15) is 19.2 Å². The largest absolute Gasteiger partial charge is 0.356 e. The molecule has 0 radical (unpaired) electrons. The maximum atomic E-state index is 10.6. The minimum absolute atomic E-state index is 0. The molecule has 0 atom stereocenters. The first-order valence-electron chi connectivity index (χ1n) is 11.3. The van der Waals surface area contributed by atoms with Crippen molar-refractivity contribution < 1.29 is 19.2 Å². The molecule has 33 heavy (non-hydrogen) atoms. The standard InChI is InChI=1S/2C6H13NO.2C6H12O.3CH4/c2*1-4-7-6(8)5(2)3;2*1-4-6(7)5(2)3;;;/h2*5H,4H2,1-3H3,(H,7,8);2*5H,4H2,1-3H3;3*1H4. The molecule has 0 aliphatic heterocycles. The summed E-state index contributed by atoms with van der Waals surface area (Å²) in [6.07, 6.45) is 1.36. The Morgan fingerprint density at radius 3 is 0.727 bits per heavy atom. The van der Waals surface area contributed by atoms with Crippen LogP contribution in [0.2, 0.25) is 0 Å². The molecule has 2 N–H and O–H groups in total. The summed E-state index contributed by atoms with van der Waals surface area (Å²) < 4.78 is 0. The summed E-state index contributed by atoms with van der Waals surface area (Å²) in [4.78, 5) is 42.3. The number of amides is 2. The smallest absolute Gasteiger partial charge is 0.222 e. The molecule has 0 aromatic heterocycles. The number of rotatable bonds is 8. The van der Waals surface area contributed by atoms with E-state index in [1.807, 2.05) is 83.1 Å². The lowest BCUT2D eigenvalue weighted by atomic mass is 10.1. The summed E-state index contributed by atoms with van der Waals surface area (Å²) in [5, 5.41) is 5.41. The summed E-state index contributed by atoms with van der Waals surface area (Å²) >= 11 is 0. The van der Waals surface area contributed by atoms with Crippen molar-refractivity contribution >= 4 is 23.4 Å². The highest BCUT2D eigenvalue weighted by Gasteiger charge is 2.03. The van der Waals surface area contributed by atoms with E-state index in [0.717, 1.165) is 13.1 Å². The van der Waals surface area contributed by atoms with Crippen molar-refractivity contribution in [2.24, 2.45) is 23.7 Å². The fourth-order valence-corrected chi connectivity index (χ4v) is 1.57. The first-order chi connectivity index (χ1) is 13.7. The average Bonchev–Trinajstić information content (AvgIpc) is 2.68. The number of nitrogens with one attached hydrogen (secondary N) is 2. The van der Waals surface area contributed by atoms with Gasteiger partial charge in [0.05, 0.1) is 0 Å². The van der Waals surface area contributed by atoms with Crippen LogP contribution in [0, 0.1) is 23.7 Å². The van der Waals surface area contributed by atoms with Crippen LogP contribution in [0.1, 0.15) is 118 Å². The van der Waals surface area contributed by atoms with E-state index in [1.54, 1.807) is 0 Å². The highest BCUT2D eigenvalue weighted by Crippen LogP contribution is 1.96. The highest BCUT2D eigenvalue weighted by molar-refractivity contribution is 5.80. The van der Waals surface area contributed by atoms with Crippen molar-refractivity contribution in [3.8, 4) is 0 Å². The SMILES string of the molecule is C.C.C.CCC(=O)C(C)C.CCC(=O)C(C)C.CCNC(=O)C(C)C.CCNC(=O)C(C)C. The van der Waals surface area contributed by atoms with Gasteiger partial charge in [0.1, 0.15) is 11.6 Å². The third kappa shape index (κ3) is 41.1. The second kappa shape index (κ2) is 32.5. The topological polar surface area (TPSA) is 92.3 Å². The van der Waals surface area contributed by atoms with Gasteiger partial charge in [-0.15, -0.1) is 0 Å². The Kier molecular flexibility index (Phi) is 47.9. The number of carbonyl (C=O) groups excluding carboxylic acids is 4. The first-order valence-corrected chi connectivity index (χ1v) is 11.3. The van der Waals surface area contributed by atoms with Gasteiger partial charge in [-0.1, -0.05) is 91.5 Å². The second-order valence-corrected chi connectivity index (χ2v) is 8.05. The van der Waals surface area contributed by atoms with Crippen LogP contribution < -0.4 is 10.6 Å². The van der Waals surface area contributed by atoms with Gasteiger partial charge in [-0.2, -0.15) is 0 Å². The van der Waals surface area contributed by atoms with Crippen LogP contribution in [0.3, 0.4) is 0 Å². The van der Waals surface area contributed by atoms with E-state index in [-0.39, 0.29) is 57.8 Å². The lowest BCUT2D eigenvalue weighted by molar-refractivity contribution is -0.124. The third-order valence-corrected chi connectivity index (χ3v) is 3.74. The zero-order valence-corrected chi connectivity index (χ0v) is 21.8. The van der Waals surface area contributed by atoms with Crippen molar-refractivity contribution in [3.63, 3.8) is 0 Å². The summed E-state index contributed by atoms with van der Waals surface area (Å²) in [6.45, 7) is 24.3. The number of hydrogen-bond acceptors (Lipinski definition) is 4. The molecule has 0 spiro atoms. The fraction of sp³-hybridized carbons (Fsp3) is 0.852. The van der Waals surface area contributed by atoms with Gasteiger partial charge in [0.15, 0.2) is 0 Å². The monoisotopic (exact) mass is 478 g/mol. The van der Waals surface area contributed by atoms with Crippen molar-refractivity contribution in [1.29, 1.82) is 0 Å². The van der Waals surface area contributed by atoms with E-state index in [2.05, 4.69) is 10.6 Å². The van der Waals surface area contributed by atoms with Gasteiger partial charge in [0, 0.05) is 49.6 Å². The van der Waals surface area contributed by atoms with Crippen LogP contribution in [-0.2, 0) is 19.2 Å². The van der Waals surface area contributed by atoms with Gasteiger partial charge in [-0.3, -0.25) is 19.2 Å². The lowest BCUT2D eigenvalue weighted by Crippen LogP contribution is -2.26. The molecular formula is C27H62N2O4. The third-order valence-electron chi connectivity index (χ3n) is 3.74. The maximum Gasteiger partial charge on any atom is 0.222 e. The van der Waals surface area contributed by atoms with Gasteiger partial charge >= 0.3 is 0 Å². The average molecular weight is 479 g/mol. The van der Waals surface area contributed by atoms with E-state index >= 15 is 0 Å². The van der Waals surface area contributed by atoms with Crippen LogP contribution in [0.4, 0.5) is 0 Å². The molecule has 204 valence electrons. The van der Waals surface area contributed by atoms with Crippen LogP contribution in [-0.4, -0.2) is 36.5 Å². The number of hydrogen-bond donors (Lipinski definition) is 2. The molecular weight excluding hydrogens is 416 g/mol. The van der Waals surface area contributed by atoms with E-state index < -0.39 is 0 Å². The van der Waals surface area contributed by atoms with Crippen molar-refractivity contribution in [2.45, 2.75) is 118 Å². The molecule has 0 aliphatic rings. The van der Waals surface area contributed by atoms with Gasteiger partial charge in [-0.05, 0) is 13.8 Å². The molecule has 0 aromatic rings. The molecule has 0 fully saturated rings. The van der Waals surface area contributed by atoms with Crippen LogP contribution in [0.25, 0.3) is 0 Å². The predicted molar refractivity (Wildman–Crippen MR) is 148 cm³/mol. The summed E-state index contributed by atoms with van der Waals surface area (Å²) in [6, 6.07) is 0. The summed E-state index contributed by atoms with van der Waals surface area (Å²) in [5.41, 5.74) is 0. The van der Waals surface area contributed by atoms with Gasteiger partial charge in [0.2, 0.25) is 11.8 Å². The molecule has 0 heterocycles. The Bertz CT molecular complexity index is 415. The predicted octanol–water partition coefficient (Wildman–Crippen LogP) is 6.71. The molecule has 0 unspecified atom stereocenters. The summed E-state index contributed by atoms with van der Waals surface area (Å²) in [5.74, 6) is 1.65. The molecule has 6 heteroatoms. The molecule has 0 aliphatic carbocycles. The minimum Gasteiger partial charge on any atom is -0.356 e. The Balaban J connectivity index is -0.0000000531. The van der Waals surface area contributed by atoms with E-state index in [0.29, 0.717) is 24.4 Å². The number of ketones is 2. The molecule has 0 saturated carbocycles. The summed E-state index contributed by atoms with van der Waals surface area (Å²) in [7, 11) is 0. The fourth-order valence-electron chi connectivity index (χ4n) is 1.57. The van der Waals surface area contributed by atoms with Crippen molar-refractivity contribution in [3.05, 3.63) is 0 Å². The second-order valence-electron chi connectivity index (χ2n) is 8.05. The Morgan fingerprint density at radius 1 is 0.485 bits per heavy atom. The van der Waals surface area contributed by atoms with Gasteiger partial charge < -0.3 is 10.6 Å². The Hall–Kier alpha value is -1.72. The van der Waals surface area contributed by atoms with E-state index in [1.165, 1.54) is 0 Å². The zero-order valence-electron chi connectivity index (χ0n) is 21.8. The van der Waals surface area contributed by atoms with Crippen LogP contribution >= 0.6 is 0 Å². The number of carbonyl (C=O) groups is 4. The Morgan fingerprint density at radius 2 is 0.697 bits per heavy atom. The first kappa shape index (κ1) is 48.6. The normalized spacial score (nSPS) is 8.73. The highest BCUT2D eigenvalue weighted by atomic mass is 16.2. The molecule has 0 aromatic carbocycles. The van der Waals surface area contributed by atoms with Crippen LogP contribution in [0.5, 0.6) is 0 Å². The molecule has 0 saturated heterocycles. The molecule has 0 rings (SSSR count). The van der Waals surface area contributed by atoms with Crippen LogP contribution in [0.15, 0.2) is 0 Å². The maximum absolute atomic E-state index is 10.6. The Labute approximate surface area is 208 Å². The number of Topliss-reactive ketones (excluding diaryl/α,β-unsaturated/α-hetero) is 2. The van der Waals surface area contributed by atoms with Crippen molar-refractivity contribution in [1.82, 2.24) is 10.6 Å². The van der Waals surface area contributed by atoms with Gasteiger partial charge in [-0.25, -0.2) is 0 Å². The zero-order chi connectivity index (χ0) is 24.9.